The third-order valence-corrected chi connectivity index (χ3v) is 2.41. The second-order valence-electron chi connectivity index (χ2n) is 2.74. The van der Waals surface area contributed by atoms with Crippen molar-refractivity contribution in [1.29, 1.82) is 0 Å². The van der Waals surface area contributed by atoms with Crippen LogP contribution in [0.4, 0.5) is 0 Å². The van der Waals surface area contributed by atoms with Gasteiger partial charge in [0.15, 0.2) is 11.5 Å². The molecule has 0 aliphatic carbocycles. The molecule has 0 bridgehead atoms. The zero-order valence-corrected chi connectivity index (χ0v) is 9.25. The predicted molar refractivity (Wildman–Crippen MR) is 54.1 cm³/mol. The maximum Gasteiger partial charge on any atom is 0.339 e. The highest BCUT2D eigenvalue weighted by molar-refractivity contribution is 9.10. The minimum atomic E-state index is -1.18. The molecule has 1 aromatic rings. The summed E-state index contributed by atoms with van der Waals surface area (Å²) in [7, 11) is 1.36. The molecule has 0 amide bonds. The molecule has 0 aliphatic rings. The Labute approximate surface area is 89.3 Å². The van der Waals surface area contributed by atoms with Gasteiger partial charge < -0.3 is 14.9 Å². The lowest BCUT2D eigenvalue weighted by Gasteiger charge is -2.10. The van der Waals surface area contributed by atoms with Crippen LogP contribution in [0.15, 0.2) is 10.5 Å². The Hall–Kier alpha value is -1.23. The Kier molecular flexibility index (Phi) is 3.00. The molecule has 0 saturated carbocycles. The molecular formula is C9H9BrO4. The van der Waals surface area contributed by atoms with Crippen LogP contribution in [0.5, 0.6) is 11.5 Å². The van der Waals surface area contributed by atoms with E-state index >= 15 is 0 Å². The van der Waals surface area contributed by atoms with Crippen LogP contribution in [0.1, 0.15) is 15.9 Å². The molecule has 76 valence electrons. The number of phenols is 1. The molecular weight excluding hydrogens is 252 g/mol. The zero-order valence-electron chi connectivity index (χ0n) is 7.67. The van der Waals surface area contributed by atoms with Gasteiger partial charge in [0.05, 0.1) is 11.6 Å². The van der Waals surface area contributed by atoms with Crippen LogP contribution in [0, 0.1) is 6.92 Å². The molecule has 0 aliphatic heterocycles. The molecule has 1 aromatic carbocycles. The van der Waals surface area contributed by atoms with Crippen molar-refractivity contribution in [3.63, 3.8) is 0 Å². The van der Waals surface area contributed by atoms with E-state index in [0.29, 0.717) is 10.0 Å². The molecule has 0 spiro atoms. The number of aryl methyl sites for hydroxylation is 1. The lowest BCUT2D eigenvalue weighted by molar-refractivity contribution is 0.0692. The van der Waals surface area contributed by atoms with Crippen LogP contribution < -0.4 is 4.74 Å². The van der Waals surface area contributed by atoms with Gasteiger partial charge in [0, 0.05) is 0 Å². The number of benzene rings is 1. The first-order valence-electron chi connectivity index (χ1n) is 3.78. The van der Waals surface area contributed by atoms with Crippen LogP contribution >= 0.6 is 15.9 Å². The van der Waals surface area contributed by atoms with Gasteiger partial charge in [-0.3, -0.25) is 0 Å². The van der Waals surface area contributed by atoms with Gasteiger partial charge in [0.25, 0.3) is 0 Å². The van der Waals surface area contributed by atoms with Gasteiger partial charge in [-0.25, -0.2) is 4.79 Å². The van der Waals surface area contributed by atoms with Crippen LogP contribution in [0.3, 0.4) is 0 Å². The van der Waals surface area contributed by atoms with E-state index in [0.717, 1.165) is 0 Å². The van der Waals surface area contributed by atoms with E-state index in [2.05, 4.69) is 15.9 Å². The van der Waals surface area contributed by atoms with Crippen molar-refractivity contribution in [3.05, 3.63) is 21.7 Å². The number of ether oxygens (including phenoxy) is 1. The Morgan fingerprint density at radius 1 is 1.57 bits per heavy atom. The Morgan fingerprint density at radius 2 is 2.14 bits per heavy atom. The average Bonchev–Trinajstić information content (AvgIpc) is 2.02. The molecule has 1 rings (SSSR count). The summed E-state index contributed by atoms with van der Waals surface area (Å²) in [5, 5.41) is 18.4. The largest absolute Gasteiger partial charge is 0.504 e. The monoisotopic (exact) mass is 260 g/mol. The lowest BCUT2D eigenvalue weighted by Crippen LogP contribution is -2.02. The standard InChI is InChI=1S/C9H9BrO4/c1-4-3-5(10)8(14-2)7(11)6(4)9(12)13/h3,11H,1-2H3,(H,12,13). The molecule has 0 heterocycles. The average molecular weight is 261 g/mol. The Bertz CT molecular complexity index is 387. The van der Waals surface area contributed by atoms with Crippen LogP contribution in [-0.2, 0) is 0 Å². The second-order valence-corrected chi connectivity index (χ2v) is 3.59. The van der Waals surface area contributed by atoms with E-state index in [-0.39, 0.29) is 17.1 Å². The summed E-state index contributed by atoms with van der Waals surface area (Å²) in [4.78, 5) is 10.8. The lowest BCUT2D eigenvalue weighted by atomic mass is 10.1. The van der Waals surface area contributed by atoms with Gasteiger partial charge in [-0.15, -0.1) is 0 Å². The molecule has 0 fully saturated rings. The Balaban J connectivity index is 3.52. The smallest absolute Gasteiger partial charge is 0.339 e. The van der Waals surface area contributed by atoms with E-state index in [1.807, 2.05) is 0 Å². The Morgan fingerprint density at radius 3 is 2.57 bits per heavy atom. The zero-order chi connectivity index (χ0) is 10.9. The maximum atomic E-state index is 10.8. The van der Waals surface area contributed by atoms with Crippen molar-refractivity contribution >= 4 is 21.9 Å². The third kappa shape index (κ3) is 1.68. The first-order valence-corrected chi connectivity index (χ1v) is 4.57. The molecule has 0 atom stereocenters. The number of methoxy groups -OCH3 is 1. The van der Waals surface area contributed by atoms with Gasteiger partial charge in [0.2, 0.25) is 0 Å². The third-order valence-electron chi connectivity index (χ3n) is 1.82. The number of carboxylic acid groups (broad SMARTS) is 1. The molecule has 0 radical (unpaired) electrons. The number of hydrogen-bond donors (Lipinski definition) is 2. The number of carbonyl (C=O) groups is 1. The number of rotatable bonds is 2. The fourth-order valence-corrected chi connectivity index (χ4v) is 1.90. The molecule has 4 nitrogen and oxygen atoms in total. The second kappa shape index (κ2) is 3.88. The van der Waals surface area contributed by atoms with Crippen LogP contribution in [-0.4, -0.2) is 23.3 Å². The normalized spacial score (nSPS) is 9.93. The maximum absolute atomic E-state index is 10.8. The van der Waals surface area contributed by atoms with E-state index in [4.69, 9.17) is 9.84 Å². The van der Waals surface area contributed by atoms with Crippen LogP contribution in [0.25, 0.3) is 0 Å². The van der Waals surface area contributed by atoms with Crippen molar-refractivity contribution in [2.45, 2.75) is 6.92 Å². The molecule has 5 heteroatoms. The van der Waals surface area contributed by atoms with Gasteiger partial charge >= 0.3 is 5.97 Å². The first kappa shape index (κ1) is 10.8. The number of carboxylic acids is 1. The number of halogens is 1. The first-order chi connectivity index (χ1) is 6.49. The number of aromatic hydroxyl groups is 1. The highest BCUT2D eigenvalue weighted by atomic mass is 79.9. The molecule has 14 heavy (non-hydrogen) atoms. The minimum Gasteiger partial charge on any atom is -0.504 e. The van der Waals surface area contributed by atoms with Gasteiger partial charge in [-0.2, -0.15) is 0 Å². The molecule has 0 aromatic heterocycles. The van der Waals surface area contributed by atoms with Crippen molar-refractivity contribution in [2.24, 2.45) is 0 Å². The summed E-state index contributed by atoms with van der Waals surface area (Å²) in [5.41, 5.74) is 0.340. The molecule has 0 saturated heterocycles. The van der Waals surface area contributed by atoms with Crippen molar-refractivity contribution < 1.29 is 19.7 Å². The summed E-state index contributed by atoms with van der Waals surface area (Å²) >= 11 is 3.16. The summed E-state index contributed by atoms with van der Waals surface area (Å²) in [6.45, 7) is 1.60. The fourth-order valence-electron chi connectivity index (χ4n) is 1.21. The summed E-state index contributed by atoms with van der Waals surface area (Å²) in [6, 6.07) is 1.59. The van der Waals surface area contributed by atoms with Crippen LogP contribution in [0.2, 0.25) is 0 Å². The van der Waals surface area contributed by atoms with Gasteiger partial charge in [0.1, 0.15) is 5.56 Å². The number of hydrogen-bond acceptors (Lipinski definition) is 3. The quantitative estimate of drug-likeness (QED) is 0.856. The summed E-state index contributed by atoms with van der Waals surface area (Å²) in [6.07, 6.45) is 0. The van der Waals surface area contributed by atoms with E-state index in [1.165, 1.54) is 7.11 Å². The number of aromatic carboxylic acids is 1. The highest BCUT2D eigenvalue weighted by Gasteiger charge is 2.19. The van der Waals surface area contributed by atoms with E-state index < -0.39 is 5.97 Å². The fraction of sp³-hybridized carbons (Fsp3) is 0.222. The van der Waals surface area contributed by atoms with E-state index in [9.17, 15) is 9.90 Å². The van der Waals surface area contributed by atoms with E-state index in [1.54, 1.807) is 13.0 Å². The highest BCUT2D eigenvalue weighted by Crippen LogP contribution is 2.38. The van der Waals surface area contributed by atoms with Crippen molar-refractivity contribution in [1.82, 2.24) is 0 Å². The molecule has 2 N–H and O–H groups in total. The van der Waals surface area contributed by atoms with Gasteiger partial charge in [-0.05, 0) is 34.5 Å². The predicted octanol–water partition coefficient (Wildman–Crippen LogP) is 2.17. The topological polar surface area (TPSA) is 66.8 Å². The summed E-state index contributed by atoms with van der Waals surface area (Å²) in [5.74, 6) is -1.40. The molecule has 0 unspecified atom stereocenters. The van der Waals surface area contributed by atoms with Crippen molar-refractivity contribution in [3.8, 4) is 11.5 Å². The SMILES string of the molecule is COc1c(Br)cc(C)c(C(=O)O)c1O. The van der Waals surface area contributed by atoms with Gasteiger partial charge in [-0.1, -0.05) is 0 Å². The van der Waals surface area contributed by atoms with Crippen molar-refractivity contribution in [2.75, 3.05) is 7.11 Å². The summed E-state index contributed by atoms with van der Waals surface area (Å²) < 4.78 is 5.39. The minimum absolute atomic E-state index is 0.132.